The summed E-state index contributed by atoms with van der Waals surface area (Å²) in [4.78, 5) is 20.2. The molecule has 0 spiro atoms. The van der Waals surface area contributed by atoms with Gasteiger partial charge >= 0.3 is 0 Å². The summed E-state index contributed by atoms with van der Waals surface area (Å²) in [5.74, 6) is 1.30. The molecule has 0 bridgehead atoms. The predicted molar refractivity (Wildman–Crippen MR) is 130 cm³/mol. The highest BCUT2D eigenvalue weighted by Crippen LogP contribution is 2.30. The molecule has 0 fully saturated rings. The van der Waals surface area contributed by atoms with E-state index in [2.05, 4.69) is 19.8 Å². The lowest BCUT2D eigenvalue weighted by atomic mass is 10.2. The van der Waals surface area contributed by atoms with Crippen molar-refractivity contribution in [1.82, 2.24) is 24.3 Å². The van der Waals surface area contributed by atoms with Crippen LogP contribution in [0.3, 0.4) is 0 Å². The lowest BCUT2D eigenvalue weighted by molar-refractivity contribution is 0.0715. The van der Waals surface area contributed by atoms with Gasteiger partial charge in [-0.05, 0) is 58.7 Å². The van der Waals surface area contributed by atoms with Crippen LogP contribution in [0, 0.1) is 6.92 Å². The van der Waals surface area contributed by atoms with Crippen LogP contribution in [0.2, 0.25) is 0 Å². The van der Waals surface area contributed by atoms with E-state index in [9.17, 15) is 13.2 Å². The Bertz CT molecular complexity index is 1300. The maximum atomic E-state index is 12.9. The molecule has 34 heavy (non-hydrogen) atoms. The summed E-state index contributed by atoms with van der Waals surface area (Å²) in [6, 6.07) is 4.52. The number of imidazole rings is 1. The second-order valence-electron chi connectivity index (χ2n) is 7.97. The molecule has 3 aromatic rings. The standard InChI is InChI=1S/C23H33N5O5S/c1-6-9-20-25-16(5)21-23(29)26-22(27-28(20)21)18-14-17(10-11-19(18)33-8-3)34(30,31)24-13-12-15(4)32-7-2/h10-11,14-15,24H,6-9,12-13H2,1-5H3,(H,26,27,29). The topological polar surface area (TPSA) is 128 Å². The van der Waals surface area contributed by atoms with Crippen LogP contribution in [-0.2, 0) is 21.2 Å². The van der Waals surface area contributed by atoms with Crippen LogP contribution in [0.1, 0.15) is 52.1 Å². The molecule has 2 aromatic heterocycles. The van der Waals surface area contributed by atoms with E-state index in [4.69, 9.17) is 9.47 Å². The molecule has 1 aromatic carbocycles. The van der Waals surface area contributed by atoms with Gasteiger partial charge in [-0.1, -0.05) is 6.92 Å². The Labute approximate surface area is 199 Å². The monoisotopic (exact) mass is 491 g/mol. The number of ether oxygens (including phenoxy) is 2. The molecule has 186 valence electrons. The molecule has 0 saturated heterocycles. The molecule has 2 N–H and O–H groups in total. The van der Waals surface area contributed by atoms with Gasteiger partial charge in [-0.25, -0.2) is 22.6 Å². The van der Waals surface area contributed by atoms with Crippen LogP contribution >= 0.6 is 0 Å². The summed E-state index contributed by atoms with van der Waals surface area (Å²) in [6.07, 6.45) is 1.98. The number of rotatable bonds is 12. The molecule has 1 atom stereocenters. The number of aromatic amines is 1. The summed E-state index contributed by atoms with van der Waals surface area (Å²) >= 11 is 0. The lowest BCUT2D eigenvalue weighted by Crippen LogP contribution is -2.27. The van der Waals surface area contributed by atoms with Gasteiger partial charge < -0.3 is 14.5 Å². The number of hydrogen-bond donors (Lipinski definition) is 2. The van der Waals surface area contributed by atoms with Crippen LogP contribution in [0.5, 0.6) is 5.75 Å². The van der Waals surface area contributed by atoms with Gasteiger partial charge in [0.05, 0.1) is 28.9 Å². The minimum absolute atomic E-state index is 0.0494. The Morgan fingerprint density at radius 1 is 1.21 bits per heavy atom. The Morgan fingerprint density at radius 3 is 2.65 bits per heavy atom. The van der Waals surface area contributed by atoms with Crippen molar-refractivity contribution in [3.8, 4) is 17.1 Å². The third kappa shape index (κ3) is 5.65. The quantitative estimate of drug-likeness (QED) is 0.399. The van der Waals surface area contributed by atoms with Crippen LogP contribution in [-0.4, -0.2) is 53.9 Å². The number of nitrogens with zero attached hydrogens (tertiary/aromatic N) is 3. The van der Waals surface area contributed by atoms with E-state index >= 15 is 0 Å². The normalized spacial score (nSPS) is 12.9. The smallest absolute Gasteiger partial charge is 0.277 e. The number of fused-ring (bicyclic) bond motifs is 1. The summed E-state index contributed by atoms with van der Waals surface area (Å²) in [5, 5.41) is 4.60. The maximum Gasteiger partial charge on any atom is 0.277 e. The fraction of sp³-hybridized carbons (Fsp3) is 0.522. The Morgan fingerprint density at radius 2 is 1.97 bits per heavy atom. The zero-order valence-corrected chi connectivity index (χ0v) is 21.2. The predicted octanol–water partition coefficient (Wildman–Crippen LogP) is 2.84. The molecule has 0 amide bonds. The molecular formula is C23H33N5O5S. The van der Waals surface area contributed by atoms with Crippen LogP contribution in [0.25, 0.3) is 16.9 Å². The highest BCUT2D eigenvalue weighted by molar-refractivity contribution is 7.89. The molecule has 1 unspecified atom stereocenters. The summed E-state index contributed by atoms with van der Waals surface area (Å²) in [5.41, 5.74) is 0.992. The first-order valence-electron chi connectivity index (χ1n) is 11.6. The third-order valence-electron chi connectivity index (χ3n) is 5.33. The minimum Gasteiger partial charge on any atom is -0.493 e. The van der Waals surface area contributed by atoms with E-state index in [1.807, 2.05) is 27.7 Å². The fourth-order valence-electron chi connectivity index (χ4n) is 3.73. The van der Waals surface area contributed by atoms with Crippen LogP contribution in [0.4, 0.5) is 0 Å². The van der Waals surface area contributed by atoms with E-state index < -0.39 is 10.0 Å². The van der Waals surface area contributed by atoms with Gasteiger partial charge in [0.25, 0.3) is 5.56 Å². The Kier molecular flexibility index (Phi) is 8.45. The van der Waals surface area contributed by atoms with Crippen molar-refractivity contribution in [1.29, 1.82) is 0 Å². The fourth-order valence-corrected chi connectivity index (χ4v) is 4.81. The zero-order valence-electron chi connectivity index (χ0n) is 20.3. The number of hydrogen-bond acceptors (Lipinski definition) is 7. The van der Waals surface area contributed by atoms with Crippen LogP contribution in [0.15, 0.2) is 27.9 Å². The first-order valence-corrected chi connectivity index (χ1v) is 13.1. The van der Waals surface area contributed by atoms with Gasteiger partial charge in [-0.15, -0.1) is 5.10 Å². The second kappa shape index (κ2) is 11.1. The van der Waals surface area contributed by atoms with Crippen molar-refractivity contribution in [3.05, 3.63) is 40.1 Å². The van der Waals surface area contributed by atoms with Gasteiger partial charge in [0.2, 0.25) is 10.0 Å². The molecule has 0 aliphatic carbocycles. The van der Waals surface area contributed by atoms with Crippen molar-refractivity contribution in [2.75, 3.05) is 19.8 Å². The molecule has 0 aliphatic rings. The van der Waals surface area contributed by atoms with Gasteiger partial charge in [0.1, 0.15) is 11.6 Å². The van der Waals surface area contributed by atoms with E-state index in [0.29, 0.717) is 54.4 Å². The van der Waals surface area contributed by atoms with Crippen molar-refractivity contribution in [3.63, 3.8) is 0 Å². The number of aryl methyl sites for hydroxylation is 2. The second-order valence-corrected chi connectivity index (χ2v) is 9.74. The molecule has 0 saturated carbocycles. The molecule has 10 nitrogen and oxygen atoms in total. The SMILES string of the molecule is CCCc1nc(C)c2c(=O)[nH]c(-c3cc(S(=O)(=O)NCCC(C)OCC)ccc3OCC)nn12. The average molecular weight is 492 g/mol. The van der Waals surface area contributed by atoms with Crippen LogP contribution < -0.4 is 15.0 Å². The largest absolute Gasteiger partial charge is 0.493 e. The number of sulfonamides is 1. The first-order chi connectivity index (χ1) is 16.2. The molecule has 3 rings (SSSR count). The number of benzene rings is 1. The van der Waals surface area contributed by atoms with Gasteiger partial charge in [-0.3, -0.25) is 4.79 Å². The third-order valence-corrected chi connectivity index (χ3v) is 6.79. The van der Waals surface area contributed by atoms with Crippen molar-refractivity contribution >= 4 is 15.5 Å². The number of H-pyrrole nitrogens is 1. The van der Waals surface area contributed by atoms with Crippen molar-refractivity contribution < 1.29 is 17.9 Å². The highest BCUT2D eigenvalue weighted by atomic mass is 32.2. The van der Waals surface area contributed by atoms with Gasteiger partial charge in [0.15, 0.2) is 11.3 Å². The van der Waals surface area contributed by atoms with Gasteiger partial charge in [0, 0.05) is 19.6 Å². The van der Waals surface area contributed by atoms with Crippen molar-refractivity contribution in [2.45, 2.75) is 64.9 Å². The Balaban J connectivity index is 2.04. The average Bonchev–Trinajstić information content (AvgIpc) is 3.10. The van der Waals surface area contributed by atoms with Crippen molar-refractivity contribution in [2.24, 2.45) is 0 Å². The summed E-state index contributed by atoms with van der Waals surface area (Å²) in [7, 11) is -3.80. The van der Waals surface area contributed by atoms with E-state index in [1.54, 1.807) is 13.0 Å². The van der Waals surface area contributed by atoms with E-state index in [-0.39, 0.29) is 28.9 Å². The van der Waals surface area contributed by atoms with Gasteiger partial charge in [-0.2, -0.15) is 0 Å². The number of nitrogens with one attached hydrogen (secondary N) is 2. The number of aromatic nitrogens is 4. The summed E-state index contributed by atoms with van der Waals surface area (Å²) < 4.78 is 41.2. The Hall–Kier alpha value is -2.76. The molecule has 2 heterocycles. The lowest BCUT2D eigenvalue weighted by Gasteiger charge is -2.14. The first kappa shape index (κ1) is 25.9. The zero-order chi connectivity index (χ0) is 24.9. The van der Waals surface area contributed by atoms with E-state index in [0.717, 1.165) is 6.42 Å². The maximum absolute atomic E-state index is 12.9. The minimum atomic E-state index is -3.80. The highest BCUT2D eigenvalue weighted by Gasteiger charge is 2.21. The molecule has 0 radical (unpaired) electrons. The molecule has 0 aliphatic heterocycles. The molecule has 11 heteroatoms. The molecular weight excluding hydrogens is 458 g/mol. The van der Waals surface area contributed by atoms with E-state index in [1.165, 1.54) is 16.6 Å². The summed E-state index contributed by atoms with van der Waals surface area (Å²) in [6.45, 7) is 10.6.